The molecule has 0 unspecified atom stereocenters. The van der Waals surface area contributed by atoms with Crippen LogP contribution in [0.1, 0.15) is 36.3 Å². The van der Waals surface area contributed by atoms with Crippen molar-refractivity contribution in [3.05, 3.63) is 82.0 Å². The summed E-state index contributed by atoms with van der Waals surface area (Å²) in [4.78, 5) is 31.0. The Morgan fingerprint density at radius 2 is 1.68 bits per heavy atom. The van der Waals surface area contributed by atoms with E-state index in [-0.39, 0.29) is 18.5 Å². The van der Waals surface area contributed by atoms with Crippen molar-refractivity contribution in [1.82, 2.24) is 9.80 Å². The molecule has 7 heteroatoms. The predicted molar refractivity (Wildman–Crippen MR) is 138 cm³/mol. The van der Waals surface area contributed by atoms with Gasteiger partial charge in [0.15, 0.2) is 0 Å². The molecule has 34 heavy (non-hydrogen) atoms. The molecule has 0 fully saturated rings. The Morgan fingerprint density at radius 1 is 0.941 bits per heavy atom. The Bertz CT molecular complexity index is 1050. The van der Waals surface area contributed by atoms with Crippen molar-refractivity contribution in [1.29, 1.82) is 0 Å². The van der Waals surface area contributed by atoms with E-state index in [2.05, 4.69) is 18.3 Å². The molecule has 0 aliphatic carbocycles. The summed E-state index contributed by atoms with van der Waals surface area (Å²) >= 11 is 1.65. The first kappa shape index (κ1) is 25.3. The molecule has 0 saturated carbocycles. The fourth-order valence-corrected chi connectivity index (χ4v) is 4.49. The fourth-order valence-electron chi connectivity index (χ4n) is 3.56. The third kappa shape index (κ3) is 7.35. The second-order valence-electron chi connectivity index (χ2n) is 8.07. The lowest BCUT2D eigenvalue weighted by Gasteiger charge is -2.28. The molecule has 2 aromatic carbocycles. The number of urea groups is 1. The van der Waals surface area contributed by atoms with Crippen molar-refractivity contribution in [3.63, 3.8) is 0 Å². The summed E-state index contributed by atoms with van der Waals surface area (Å²) in [6.07, 6.45) is 0.757. The van der Waals surface area contributed by atoms with E-state index in [1.165, 1.54) is 5.56 Å². The predicted octanol–water partition coefficient (Wildman–Crippen LogP) is 5.93. The molecule has 1 aromatic heterocycles. The highest BCUT2D eigenvalue weighted by Crippen LogP contribution is 2.20. The molecule has 180 valence electrons. The third-order valence-corrected chi connectivity index (χ3v) is 6.40. The van der Waals surface area contributed by atoms with Crippen LogP contribution >= 0.6 is 11.3 Å². The van der Waals surface area contributed by atoms with Crippen LogP contribution in [-0.4, -0.2) is 41.4 Å². The van der Waals surface area contributed by atoms with Crippen LogP contribution in [0.4, 0.5) is 10.5 Å². The number of amides is 3. The van der Waals surface area contributed by atoms with Crippen LogP contribution in [0, 0.1) is 6.92 Å². The van der Waals surface area contributed by atoms with Crippen molar-refractivity contribution in [2.45, 2.75) is 40.3 Å². The maximum atomic E-state index is 13.4. The van der Waals surface area contributed by atoms with Gasteiger partial charge in [-0.1, -0.05) is 37.3 Å². The Labute approximate surface area is 206 Å². The van der Waals surface area contributed by atoms with E-state index in [1.807, 2.05) is 66.6 Å². The van der Waals surface area contributed by atoms with Crippen molar-refractivity contribution >= 4 is 29.0 Å². The van der Waals surface area contributed by atoms with E-state index in [1.54, 1.807) is 28.4 Å². The van der Waals surface area contributed by atoms with Crippen molar-refractivity contribution < 1.29 is 14.3 Å². The molecule has 1 heterocycles. The van der Waals surface area contributed by atoms with Crippen LogP contribution in [0.2, 0.25) is 0 Å². The summed E-state index contributed by atoms with van der Waals surface area (Å²) < 4.78 is 5.46. The molecule has 0 radical (unpaired) electrons. The Hall–Kier alpha value is -3.32. The highest BCUT2D eigenvalue weighted by molar-refractivity contribution is 7.10. The van der Waals surface area contributed by atoms with Gasteiger partial charge in [-0.25, -0.2) is 4.79 Å². The minimum absolute atomic E-state index is 0.0218. The molecule has 3 aromatic rings. The highest BCUT2D eigenvalue weighted by Gasteiger charge is 2.22. The topological polar surface area (TPSA) is 61.9 Å². The lowest BCUT2D eigenvalue weighted by Crippen LogP contribution is -2.44. The van der Waals surface area contributed by atoms with Gasteiger partial charge in [0.2, 0.25) is 5.91 Å². The zero-order valence-electron chi connectivity index (χ0n) is 20.1. The number of aryl methyl sites for hydroxylation is 1. The van der Waals surface area contributed by atoms with Gasteiger partial charge in [0.1, 0.15) is 12.3 Å². The van der Waals surface area contributed by atoms with Crippen molar-refractivity contribution in [2.24, 2.45) is 0 Å². The second-order valence-corrected chi connectivity index (χ2v) is 9.07. The van der Waals surface area contributed by atoms with E-state index < -0.39 is 0 Å². The number of hydrogen-bond acceptors (Lipinski definition) is 4. The smallest absolute Gasteiger partial charge is 0.322 e. The zero-order valence-corrected chi connectivity index (χ0v) is 20.9. The van der Waals surface area contributed by atoms with Gasteiger partial charge >= 0.3 is 6.03 Å². The van der Waals surface area contributed by atoms with Gasteiger partial charge in [0, 0.05) is 23.7 Å². The first-order valence-electron chi connectivity index (χ1n) is 11.6. The SMILES string of the molecule is CCCN(CC(=O)N(Cc1ccccc1)Cc1sccc1C)C(=O)Nc1ccc(OCC)cc1. The van der Waals surface area contributed by atoms with Crippen molar-refractivity contribution in [2.75, 3.05) is 25.0 Å². The van der Waals surface area contributed by atoms with E-state index in [0.717, 1.165) is 22.6 Å². The van der Waals surface area contributed by atoms with Crippen LogP contribution in [0.5, 0.6) is 5.75 Å². The molecule has 1 N–H and O–H groups in total. The molecule has 0 aliphatic heterocycles. The summed E-state index contributed by atoms with van der Waals surface area (Å²) in [5, 5.41) is 4.95. The molecular weight excluding hydrogens is 446 g/mol. The van der Waals surface area contributed by atoms with E-state index >= 15 is 0 Å². The zero-order chi connectivity index (χ0) is 24.3. The third-order valence-electron chi connectivity index (χ3n) is 5.40. The summed E-state index contributed by atoms with van der Waals surface area (Å²) in [6, 6.07) is 19.0. The average Bonchev–Trinajstić information content (AvgIpc) is 3.24. The maximum absolute atomic E-state index is 13.4. The number of carbonyl (C=O) groups excluding carboxylic acids is 2. The molecule has 0 aliphatic rings. The first-order valence-corrected chi connectivity index (χ1v) is 12.5. The van der Waals surface area contributed by atoms with Crippen LogP contribution in [0.25, 0.3) is 0 Å². The number of hydrogen-bond donors (Lipinski definition) is 1. The maximum Gasteiger partial charge on any atom is 0.322 e. The number of benzene rings is 2. The first-order chi connectivity index (χ1) is 16.5. The van der Waals surface area contributed by atoms with Gasteiger partial charge in [-0.05, 0) is 67.1 Å². The number of ether oxygens (including phenoxy) is 1. The average molecular weight is 480 g/mol. The van der Waals surface area contributed by atoms with Gasteiger partial charge in [0.25, 0.3) is 0 Å². The standard InChI is InChI=1S/C27H33N3O3S/c1-4-16-29(27(32)28-23-11-13-24(14-12-23)33-5-2)20-26(31)30(18-22-9-7-6-8-10-22)19-25-21(3)15-17-34-25/h6-15,17H,4-5,16,18-20H2,1-3H3,(H,28,32). The molecule has 3 amide bonds. The van der Waals surface area contributed by atoms with Gasteiger partial charge < -0.3 is 19.9 Å². The molecule has 0 saturated heterocycles. The van der Waals surface area contributed by atoms with Crippen LogP contribution in [0.15, 0.2) is 66.0 Å². The molecule has 6 nitrogen and oxygen atoms in total. The largest absolute Gasteiger partial charge is 0.494 e. The lowest BCUT2D eigenvalue weighted by molar-refractivity contribution is -0.133. The highest BCUT2D eigenvalue weighted by atomic mass is 32.1. The molecule has 0 spiro atoms. The van der Waals surface area contributed by atoms with Crippen molar-refractivity contribution in [3.8, 4) is 5.75 Å². The van der Waals surface area contributed by atoms with E-state index in [4.69, 9.17) is 4.74 Å². The van der Waals surface area contributed by atoms with Crippen LogP contribution in [-0.2, 0) is 17.9 Å². The minimum atomic E-state index is -0.286. The summed E-state index contributed by atoms with van der Waals surface area (Å²) in [7, 11) is 0. The summed E-state index contributed by atoms with van der Waals surface area (Å²) in [5.41, 5.74) is 2.90. The van der Waals surface area contributed by atoms with Gasteiger partial charge in [0.05, 0.1) is 13.2 Å². The quantitative estimate of drug-likeness (QED) is 0.371. The normalized spacial score (nSPS) is 10.6. The molecule has 0 bridgehead atoms. The number of rotatable bonds is 11. The Kier molecular flexibility index (Phi) is 9.52. The monoisotopic (exact) mass is 479 g/mol. The number of thiophene rings is 1. The molecule has 0 atom stereocenters. The lowest BCUT2D eigenvalue weighted by atomic mass is 10.2. The summed E-state index contributed by atoms with van der Waals surface area (Å²) in [5.74, 6) is 0.675. The van der Waals surface area contributed by atoms with E-state index in [9.17, 15) is 9.59 Å². The number of carbonyl (C=O) groups is 2. The van der Waals surface area contributed by atoms with Gasteiger partial charge in [-0.3, -0.25) is 4.79 Å². The van der Waals surface area contributed by atoms with Gasteiger partial charge in [-0.15, -0.1) is 11.3 Å². The number of anilines is 1. The molecular formula is C27H33N3O3S. The van der Waals surface area contributed by atoms with Crippen LogP contribution in [0.3, 0.4) is 0 Å². The fraction of sp³-hybridized carbons (Fsp3) is 0.333. The Balaban J connectivity index is 1.71. The molecule has 3 rings (SSSR count). The number of nitrogens with zero attached hydrogens (tertiary/aromatic N) is 2. The van der Waals surface area contributed by atoms with Crippen LogP contribution < -0.4 is 10.1 Å². The number of nitrogens with one attached hydrogen (secondary N) is 1. The Morgan fingerprint density at radius 3 is 2.29 bits per heavy atom. The summed E-state index contributed by atoms with van der Waals surface area (Å²) in [6.45, 7) is 8.11. The van der Waals surface area contributed by atoms with E-state index in [0.29, 0.717) is 31.9 Å². The minimum Gasteiger partial charge on any atom is -0.494 e. The second kappa shape index (κ2) is 12.8. The van der Waals surface area contributed by atoms with Gasteiger partial charge in [-0.2, -0.15) is 0 Å².